The molecule has 1 atom stereocenters. The van der Waals surface area contributed by atoms with E-state index in [2.05, 4.69) is 36.6 Å². The molecule has 5 heteroatoms. The second kappa shape index (κ2) is 7.00. The Hall–Kier alpha value is -2.53. The Bertz CT molecular complexity index is 950. The van der Waals surface area contributed by atoms with E-state index >= 15 is 0 Å². The summed E-state index contributed by atoms with van der Waals surface area (Å²) in [6, 6.07) is 16.5. The van der Waals surface area contributed by atoms with Crippen molar-refractivity contribution in [2.24, 2.45) is 0 Å². The monoisotopic (exact) mass is 364 g/mol. The molecule has 2 heterocycles. The van der Waals surface area contributed by atoms with Crippen LogP contribution >= 0.6 is 11.8 Å². The smallest absolute Gasteiger partial charge is 0.319 e. The van der Waals surface area contributed by atoms with E-state index in [1.165, 1.54) is 22.9 Å². The maximum atomic E-state index is 11.9. The third-order valence-electron chi connectivity index (χ3n) is 4.65. The Morgan fingerprint density at radius 3 is 2.62 bits per heavy atom. The molecule has 1 saturated heterocycles. The van der Waals surface area contributed by atoms with Gasteiger partial charge in [-0.1, -0.05) is 42.1 Å². The van der Waals surface area contributed by atoms with Gasteiger partial charge in [0.25, 0.3) is 0 Å². The lowest BCUT2D eigenvalue weighted by Crippen LogP contribution is -2.10. The van der Waals surface area contributed by atoms with E-state index in [-0.39, 0.29) is 11.2 Å². The number of aromatic nitrogens is 2. The molecule has 132 valence electrons. The van der Waals surface area contributed by atoms with Crippen LogP contribution in [0.5, 0.6) is 0 Å². The first-order chi connectivity index (χ1) is 12.6. The molecular formula is C21H20N2O2S. The summed E-state index contributed by atoms with van der Waals surface area (Å²) in [6.45, 7) is 4.71. The van der Waals surface area contributed by atoms with Gasteiger partial charge in [-0.2, -0.15) is 0 Å². The number of cyclic esters (lactones) is 1. The van der Waals surface area contributed by atoms with Crippen molar-refractivity contribution in [2.75, 3.05) is 6.61 Å². The van der Waals surface area contributed by atoms with Crippen LogP contribution in [-0.4, -0.2) is 27.4 Å². The van der Waals surface area contributed by atoms with Crippen LogP contribution in [0.15, 0.2) is 59.9 Å². The molecule has 4 rings (SSSR count). The van der Waals surface area contributed by atoms with Crippen molar-refractivity contribution in [1.29, 1.82) is 0 Å². The van der Waals surface area contributed by atoms with Crippen LogP contribution in [0.4, 0.5) is 0 Å². The second-order valence-electron chi connectivity index (χ2n) is 6.48. The molecule has 0 N–H and O–H groups in total. The highest BCUT2D eigenvalue weighted by Gasteiger charge is 2.29. The van der Waals surface area contributed by atoms with Crippen molar-refractivity contribution in [3.8, 4) is 16.9 Å². The average Bonchev–Trinajstić information content (AvgIpc) is 3.25. The number of benzene rings is 2. The number of ether oxygens (including phenoxy) is 1. The van der Waals surface area contributed by atoms with Crippen molar-refractivity contribution in [2.45, 2.75) is 30.7 Å². The summed E-state index contributed by atoms with van der Waals surface area (Å²) in [6.07, 6.45) is 2.77. The number of esters is 1. The number of imidazole rings is 1. The maximum absolute atomic E-state index is 11.9. The largest absolute Gasteiger partial charge is 0.465 e. The van der Waals surface area contributed by atoms with Crippen molar-refractivity contribution >= 4 is 17.7 Å². The van der Waals surface area contributed by atoms with Crippen molar-refractivity contribution in [3.63, 3.8) is 0 Å². The fourth-order valence-corrected chi connectivity index (χ4v) is 4.03. The molecule has 0 aliphatic carbocycles. The highest BCUT2D eigenvalue weighted by atomic mass is 32.2. The van der Waals surface area contributed by atoms with Crippen molar-refractivity contribution in [3.05, 3.63) is 65.9 Å². The normalized spacial score (nSPS) is 16.7. The van der Waals surface area contributed by atoms with Gasteiger partial charge in [-0.3, -0.25) is 9.36 Å². The first-order valence-electron chi connectivity index (χ1n) is 8.67. The predicted molar refractivity (Wildman–Crippen MR) is 104 cm³/mol. The van der Waals surface area contributed by atoms with Crippen LogP contribution < -0.4 is 0 Å². The highest BCUT2D eigenvalue weighted by molar-refractivity contribution is 8.00. The van der Waals surface area contributed by atoms with Crippen LogP contribution in [0.2, 0.25) is 0 Å². The lowest BCUT2D eigenvalue weighted by molar-refractivity contribution is -0.137. The molecule has 1 aliphatic rings. The van der Waals surface area contributed by atoms with Gasteiger partial charge in [0.1, 0.15) is 5.25 Å². The summed E-state index contributed by atoms with van der Waals surface area (Å²) in [5, 5.41) is 0.626. The van der Waals surface area contributed by atoms with Crippen LogP contribution in [0.25, 0.3) is 16.9 Å². The topological polar surface area (TPSA) is 44.1 Å². The van der Waals surface area contributed by atoms with Crippen molar-refractivity contribution in [1.82, 2.24) is 9.55 Å². The van der Waals surface area contributed by atoms with Crippen LogP contribution in [-0.2, 0) is 9.53 Å². The van der Waals surface area contributed by atoms with Gasteiger partial charge in [0.15, 0.2) is 5.16 Å². The quantitative estimate of drug-likeness (QED) is 0.637. The SMILES string of the molecule is Cc1ccc(-c2cn(-c3ccccc3)c(SC3CCOC3=O)n2)cc1C. The molecule has 0 bridgehead atoms. The molecule has 4 nitrogen and oxygen atoms in total. The maximum Gasteiger partial charge on any atom is 0.319 e. The standard InChI is InChI=1S/C21H20N2O2S/c1-14-8-9-16(12-15(14)2)18-13-23(17-6-4-3-5-7-17)21(22-18)26-19-10-11-25-20(19)24/h3-9,12-13,19H,10-11H2,1-2H3. The summed E-state index contributed by atoms with van der Waals surface area (Å²) in [5.41, 5.74) is 5.53. The molecule has 0 radical (unpaired) electrons. The van der Waals surface area contributed by atoms with E-state index in [1.54, 1.807) is 0 Å². The molecule has 0 amide bonds. The Morgan fingerprint density at radius 2 is 1.92 bits per heavy atom. The zero-order chi connectivity index (χ0) is 18.1. The number of hydrogen-bond acceptors (Lipinski definition) is 4. The summed E-state index contributed by atoms with van der Waals surface area (Å²) >= 11 is 1.48. The molecule has 1 aliphatic heterocycles. The van der Waals surface area contributed by atoms with E-state index in [0.29, 0.717) is 6.61 Å². The van der Waals surface area contributed by atoms with Gasteiger partial charge in [-0.15, -0.1) is 0 Å². The van der Waals surface area contributed by atoms with Crippen LogP contribution in [0.1, 0.15) is 17.5 Å². The second-order valence-corrected chi connectivity index (χ2v) is 7.65. The Kier molecular flexibility index (Phi) is 4.55. The Balaban J connectivity index is 1.76. The third-order valence-corrected chi connectivity index (χ3v) is 5.86. The molecule has 3 aromatic rings. The Labute approximate surface area is 157 Å². The van der Waals surface area contributed by atoms with Gasteiger partial charge >= 0.3 is 5.97 Å². The lowest BCUT2D eigenvalue weighted by atomic mass is 10.0. The number of nitrogens with zero attached hydrogens (tertiary/aromatic N) is 2. The number of carbonyl (C=O) groups is 1. The molecule has 26 heavy (non-hydrogen) atoms. The molecule has 1 fully saturated rings. The summed E-state index contributed by atoms with van der Waals surface area (Å²) in [7, 11) is 0. The Morgan fingerprint density at radius 1 is 1.12 bits per heavy atom. The van der Waals surface area contributed by atoms with E-state index in [1.807, 2.05) is 36.5 Å². The number of thioether (sulfide) groups is 1. The zero-order valence-corrected chi connectivity index (χ0v) is 15.6. The van der Waals surface area contributed by atoms with Crippen molar-refractivity contribution < 1.29 is 9.53 Å². The minimum absolute atomic E-state index is 0.148. The lowest BCUT2D eigenvalue weighted by Gasteiger charge is -2.08. The molecule has 1 unspecified atom stereocenters. The minimum atomic E-state index is -0.188. The van der Waals surface area contributed by atoms with E-state index in [4.69, 9.17) is 9.72 Å². The van der Waals surface area contributed by atoms with E-state index < -0.39 is 0 Å². The third kappa shape index (κ3) is 3.27. The fourth-order valence-electron chi connectivity index (χ4n) is 2.97. The van der Waals surface area contributed by atoms with Gasteiger partial charge in [0, 0.05) is 23.9 Å². The number of hydrogen-bond donors (Lipinski definition) is 0. The highest BCUT2D eigenvalue weighted by Crippen LogP contribution is 2.33. The summed E-state index contributed by atoms with van der Waals surface area (Å²) < 4.78 is 7.16. The average molecular weight is 364 g/mol. The van der Waals surface area contributed by atoms with Gasteiger partial charge in [0.05, 0.1) is 12.3 Å². The van der Waals surface area contributed by atoms with Crippen LogP contribution in [0, 0.1) is 13.8 Å². The number of carbonyl (C=O) groups excluding carboxylic acids is 1. The van der Waals surface area contributed by atoms with Gasteiger partial charge < -0.3 is 4.74 Å². The number of rotatable bonds is 4. The fraction of sp³-hybridized carbons (Fsp3) is 0.238. The molecule has 0 saturated carbocycles. The van der Waals surface area contributed by atoms with Gasteiger partial charge in [0.2, 0.25) is 0 Å². The summed E-state index contributed by atoms with van der Waals surface area (Å²) in [4.78, 5) is 16.7. The minimum Gasteiger partial charge on any atom is -0.465 e. The molecule has 1 aromatic heterocycles. The molecule has 0 spiro atoms. The number of para-hydroxylation sites is 1. The van der Waals surface area contributed by atoms with Gasteiger partial charge in [-0.25, -0.2) is 4.98 Å². The first kappa shape index (κ1) is 16.9. The first-order valence-corrected chi connectivity index (χ1v) is 9.55. The number of aryl methyl sites for hydroxylation is 2. The van der Waals surface area contributed by atoms with E-state index in [9.17, 15) is 4.79 Å². The predicted octanol–water partition coefficient (Wildman–Crippen LogP) is 4.56. The molecule has 2 aromatic carbocycles. The van der Waals surface area contributed by atoms with Gasteiger partial charge in [-0.05, 0) is 43.2 Å². The van der Waals surface area contributed by atoms with E-state index in [0.717, 1.165) is 28.5 Å². The zero-order valence-electron chi connectivity index (χ0n) is 14.8. The summed E-state index contributed by atoms with van der Waals surface area (Å²) in [5.74, 6) is -0.148. The molecular weight excluding hydrogens is 344 g/mol. The van der Waals surface area contributed by atoms with Crippen LogP contribution in [0.3, 0.4) is 0 Å².